The van der Waals surface area contributed by atoms with Gasteiger partial charge >= 0.3 is 0 Å². The second-order valence-electron chi connectivity index (χ2n) is 7.04. The number of carbonyl (C=O) groups is 1. The topological polar surface area (TPSA) is 55.6 Å². The summed E-state index contributed by atoms with van der Waals surface area (Å²) in [5, 5.41) is 2.62. The van der Waals surface area contributed by atoms with Crippen molar-refractivity contribution in [2.24, 2.45) is 5.92 Å². The number of imidazole rings is 1. The van der Waals surface area contributed by atoms with Crippen LogP contribution >= 0.6 is 0 Å². The number of benzene rings is 1. The van der Waals surface area contributed by atoms with Crippen LogP contribution in [0.15, 0.2) is 30.5 Å². The molecule has 9 heteroatoms. The molecule has 0 aliphatic heterocycles. The summed E-state index contributed by atoms with van der Waals surface area (Å²) >= 11 is 0. The van der Waals surface area contributed by atoms with Crippen LogP contribution in [0.3, 0.4) is 0 Å². The van der Waals surface area contributed by atoms with Gasteiger partial charge in [-0.25, -0.2) is 18.2 Å². The van der Waals surface area contributed by atoms with E-state index in [-0.39, 0.29) is 40.7 Å². The molecule has 0 aliphatic carbocycles. The molecule has 1 unspecified atom stereocenters. The Labute approximate surface area is 170 Å². The number of aromatic nitrogens is 2. The van der Waals surface area contributed by atoms with Gasteiger partial charge in [-0.3, -0.25) is 13.6 Å². The van der Waals surface area contributed by atoms with Crippen molar-refractivity contribution in [2.75, 3.05) is 13.2 Å². The van der Waals surface area contributed by atoms with Gasteiger partial charge in [0.25, 0.3) is 5.91 Å². The van der Waals surface area contributed by atoms with Crippen LogP contribution in [0.4, 0.5) is 17.6 Å². The average molecular weight is 423 g/mol. The van der Waals surface area contributed by atoms with Crippen molar-refractivity contribution < 1.29 is 27.1 Å². The van der Waals surface area contributed by atoms with Crippen molar-refractivity contribution in [1.82, 2.24) is 14.7 Å². The fourth-order valence-electron chi connectivity index (χ4n) is 2.96. The van der Waals surface area contributed by atoms with E-state index in [0.717, 1.165) is 12.1 Å². The molecule has 2 heterocycles. The Morgan fingerprint density at radius 2 is 1.97 bits per heavy atom. The lowest BCUT2D eigenvalue weighted by molar-refractivity contribution is 0.0939. The fourth-order valence-corrected chi connectivity index (χ4v) is 2.96. The maximum absolute atomic E-state index is 13.9. The largest absolute Gasteiger partial charge is 0.485 e. The number of nitrogens with one attached hydrogen (secondary N) is 1. The summed E-state index contributed by atoms with van der Waals surface area (Å²) < 4.78 is 60.8. The molecule has 1 atom stereocenters. The van der Waals surface area contributed by atoms with Gasteiger partial charge in [-0.15, -0.1) is 0 Å². The van der Waals surface area contributed by atoms with Crippen LogP contribution < -0.4 is 10.1 Å². The average Bonchev–Trinajstić information content (AvgIpc) is 3.06. The normalized spacial score (nSPS) is 12.2. The third kappa shape index (κ3) is 4.39. The Kier molecular flexibility index (Phi) is 6.59. The first-order chi connectivity index (χ1) is 14.3. The Bertz CT molecular complexity index is 1050. The van der Waals surface area contributed by atoms with Crippen LogP contribution in [0.25, 0.3) is 5.65 Å². The number of pyridine rings is 1. The van der Waals surface area contributed by atoms with E-state index in [9.17, 15) is 22.4 Å². The predicted molar refractivity (Wildman–Crippen MR) is 103 cm³/mol. The first-order valence-electron chi connectivity index (χ1n) is 9.33. The summed E-state index contributed by atoms with van der Waals surface area (Å²) in [6, 6.07) is 4.82. The third-order valence-corrected chi connectivity index (χ3v) is 4.59. The summed E-state index contributed by atoms with van der Waals surface area (Å²) in [4.78, 5) is 16.9. The number of alkyl halides is 2. The number of hydrogen-bond acceptors (Lipinski definition) is 3. The zero-order valence-corrected chi connectivity index (χ0v) is 16.5. The molecule has 5 nitrogen and oxygen atoms in total. The van der Waals surface area contributed by atoms with Crippen molar-refractivity contribution in [3.63, 3.8) is 0 Å². The number of ether oxygens (including phenoxy) is 1. The van der Waals surface area contributed by atoms with E-state index in [1.165, 1.54) is 22.7 Å². The molecule has 0 spiro atoms. The van der Waals surface area contributed by atoms with Gasteiger partial charge in [0.05, 0.1) is 17.9 Å². The second kappa shape index (κ2) is 9.15. The standard InChI is InChI=1S/C21H21F4N3O2/c1-12(7-22)9-26-21(29)19-13(2)27-20-18(6-14(8-23)10-28(19)20)30-11-15-16(24)4-3-5-17(15)25/h3-6,10,12H,7-9,11H2,1-2H3,(H,26,29). The molecule has 0 radical (unpaired) electrons. The van der Waals surface area contributed by atoms with E-state index in [2.05, 4.69) is 10.3 Å². The van der Waals surface area contributed by atoms with Crippen molar-refractivity contribution >= 4 is 11.6 Å². The number of halogens is 4. The smallest absolute Gasteiger partial charge is 0.270 e. The minimum atomic E-state index is -0.850. The SMILES string of the molecule is Cc1nc2c(OCc3c(F)cccc3F)cc(CF)cn2c1C(=O)NCC(C)CF. The van der Waals surface area contributed by atoms with E-state index in [1.54, 1.807) is 13.8 Å². The van der Waals surface area contributed by atoms with Crippen LogP contribution in [0.2, 0.25) is 0 Å². The number of rotatable bonds is 8. The molecule has 0 aliphatic rings. The highest BCUT2D eigenvalue weighted by atomic mass is 19.1. The highest BCUT2D eigenvalue weighted by molar-refractivity contribution is 5.95. The van der Waals surface area contributed by atoms with Gasteiger partial charge < -0.3 is 10.1 Å². The monoisotopic (exact) mass is 423 g/mol. The molecular formula is C21H21F4N3O2. The fraction of sp³-hybridized carbons (Fsp3) is 0.333. The second-order valence-corrected chi connectivity index (χ2v) is 7.04. The van der Waals surface area contributed by atoms with Gasteiger partial charge in [0, 0.05) is 24.2 Å². The van der Waals surface area contributed by atoms with Crippen molar-refractivity contribution in [3.05, 3.63) is 64.6 Å². The summed E-state index contributed by atoms with van der Waals surface area (Å²) in [5.41, 5.74) is 0.606. The molecule has 30 heavy (non-hydrogen) atoms. The van der Waals surface area contributed by atoms with Crippen LogP contribution in [-0.2, 0) is 13.3 Å². The summed E-state index contributed by atoms with van der Waals surface area (Å²) in [7, 11) is 0. The van der Waals surface area contributed by atoms with Crippen molar-refractivity contribution in [3.8, 4) is 5.75 Å². The quantitative estimate of drug-likeness (QED) is 0.550. The lowest BCUT2D eigenvalue weighted by Gasteiger charge is -2.12. The van der Waals surface area contributed by atoms with Gasteiger partial charge in [-0.05, 0) is 25.1 Å². The number of amides is 1. The number of hydrogen-bond donors (Lipinski definition) is 1. The van der Waals surface area contributed by atoms with Crippen LogP contribution in [0.1, 0.15) is 34.2 Å². The molecule has 0 saturated carbocycles. The number of carbonyl (C=O) groups excluding carboxylic acids is 1. The zero-order valence-electron chi connectivity index (χ0n) is 16.5. The van der Waals surface area contributed by atoms with Crippen LogP contribution in [0.5, 0.6) is 5.75 Å². The minimum absolute atomic E-state index is 0.0760. The van der Waals surface area contributed by atoms with Crippen LogP contribution in [-0.4, -0.2) is 28.5 Å². The first kappa shape index (κ1) is 21.6. The summed E-state index contributed by atoms with van der Waals surface area (Å²) in [6.45, 7) is 1.50. The molecule has 1 N–H and O–H groups in total. The third-order valence-electron chi connectivity index (χ3n) is 4.59. The van der Waals surface area contributed by atoms with E-state index < -0.39 is 37.5 Å². The molecule has 1 amide bonds. The highest BCUT2D eigenvalue weighted by Crippen LogP contribution is 2.26. The first-order valence-corrected chi connectivity index (χ1v) is 9.33. The van der Waals surface area contributed by atoms with Crippen molar-refractivity contribution in [1.29, 1.82) is 0 Å². The maximum Gasteiger partial charge on any atom is 0.270 e. The highest BCUT2D eigenvalue weighted by Gasteiger charge is 2.21. The minimum Gasteiger partial charge on any atom is -0.485 e. The van der Waals surface area contributed by atoms with E-state index >= 15 is 0 Å². The molecule has 2 aromatic heterocycles. The van der Waals surface area contributed by atoms with Crippen LogP contribution in [0, 0.1) is 24.5 Å². The molecule has 1 aromatic carbocycles. The number of aryl methyl sites for hydroxylation is 1. The lowest BCUT2D eigenvalue weighted by Crippen LogP contribution is -2.30. The zero-order chi connectivity index (χ0) is 21.8. The molecule has 160 valence electrons. The van der Waals surface area contributed by atoms with Gasteiger partial charge in [0.1, 0.15) is 30.6 Å². The molecule has 0 saturated heterocycles. The molecule has 0 bridgehead atoms. The van der Waals surface area contributed by atoms with Gasteiger partial charge in [0.2, 0.25) is 0 Å². The van der Waals surface area contributed by atoms with E-state index in [0.29, 0.717) is 5.69 Å². The number of fused-ring (bicyclic) bond motifs is 1. The Morgan fingerprint density at radius 3 is 2.60 bits per heavy atom. The van der Waals surface area contributed by atoms with E-state index in [4.69, 9.17) is 4.74 Å². The molecule has 3 rings (SSSR count). The van der Waals surface area contributed by atoms with Crippen molar-refractivity contribution in [2.45, 2.75) is 27.1 Å². The Balaban J connectivity index is 1.97. The van der Waals surface area contributed by atoms with Gasteiger partial charge in [-0.1, -0.05) is 13.0 Å². The Morgan fingerprint density at radius 1 is 1.27 bits per heavy atom. The summed E-state index contributed by atoms with van der Waals surface area (Å²) in [5.74, 6) is -2.32. The lowest BCUT2D eigenvalue weighted by atomic mass is 10.2. The molecular weight excluding hydrogens is 402 g/mol. The molecule has 0 fully saturated rings. The van der Waals surface area contributed by atoms with Gasteiger partial charge in [-0.2, -0.15) is 0 Å². The maximum atomic E-state index is 13.9. The van der Waals surface area contributed by atoms with Gasteiger partial charge in [0.15, 0.2) is 11.4 Å². The number of nitrogens with zero attached hydrogens (tertiary/aromatic N) is 2. The Hall–Kier alpha value is -3.10. The van der Waals surface area contributed by atoms with E-state index in [1.807, 2.05) is 0 Å². The summed E-state index contributed by atoms with van der Waals surface area (Å²) in [6.07, 6.45) is 1.40. The predicted octanol–water partition coefficient (Wildman–Crippen LogP) is 4.30. The molecule has 3 aromatic rings.